The van der Waals surface area contributed by atoms with Crippen LogP contribution in [-0.4, -0.2) is 38.1 Å². The van der Waals surface area contributed by atoms with E-state index in [-0.39, 0.29) is 0 Å². The van der Waals surface area contributed by atoms with Crippen molar-refractivity contribution in [2.75, 3.05) is 27.2 Å². The van der Waals surface area contributed by atoms with Crippen LogP contribution in [0, 0.1) is 0 Å². The fourth-order valence-electron chi connectivity index (χ4n) is 0.763. The van der Waals surface area contributed by atoms with E-state index in [1.165, 1.54) is 0 Å². The van der Waals surface area contributed by atoms with Crippen molar-refractivity contribution >= 4 is 0 Å². The van der Waals surface area contributed by atoms with E-state index in [4.69, 9.17) is 0 Å². The van der Waals surface area contributed by atoms with Gasteiger partial charge in [0.15, 0.2) is 0 Å². The molecule has 1 atom stereocenters. The molecule has 0 aromatic rings. The molecule has 2 heteroatoms. The highest BCUT2D eigenvalue weighted by atomic mass is 15.1. The number of rotatable bonds is 4. The number of hydrogen-bond acceptors (Lipinski definition) is 2. The summed E-state index contributed by atoms with van der Waals surface area (Å²) < 4.78 is 0. The van der Waals surface area contributed by atoms with E-state index < -0.39 is 0 Å². The summed E-state index contributed by atoms with van der Waals surface area (Å²) in [5.74, 6) is 0. The zero-order chi connectivity index (χ0) is 7.28. The molecule has 0 aliphatic heterocycles. The fraction of sp³-hybridized carbons (Fsp3) is 1.00. The Labute approximate surface area is 58.2 Å². The summed E-state index contributed by atoms with van der Waals surface area (Å²) in [4.78, 5) is 2.32. The van der Waals surface area contributed by atoms with Crippen LogP contribution in [0.15, 0.2) is 0 Å². The standard InChI is InChI=1S/C7H18N2/c1-5-9(4)7(2)6-8-3/h7-8H,5-6H2,1-4H3. The van der Waals surface area contributed by atoms with Gasteiger partial charge in [-0.3, -0.25) is 0 Å². The van der Waals surface area contributed by atoms with Gasteiger partial charge in [-0.05, 0) is 27.6 Å². The van der Waals surface area contributed by atoms with Crippen LogP contribution < -0.4 is 5.32 Å². The predicted octanol–water partition coefficient (Wildman–Crippen LogP) is 0.546. The number of hydrogen-bond donors (Lipinski definition) is 1. The van der Waals surface area contributed by atoms with Crippen molar-refractivity contribution in [3.8, 4) is 0 Å². The smallest absolute Gasteiger partial charge is 0.0189 e. The van der Waals surface area contributed by atoms with Gasteiger partial charge in [-0.2, -0.15) is 0 Å². The second kappa shape index (κ2) is 4.77. The van der Waals surface area contributed by atoms with E-state index >= 15 is 0 Å². The molecule has 0 rings (SSSR count). The molecular weight excluding hydrogens is 112 g/mol. The van der Waals surface area contributed by atoms with E-state index in [0.717, 1.165) is 13.1 Å². The van der Waals surface area contributed by atoms with E-state index in [0.29, 0.717) is 6.04 Å². The maximum atomic E-state index is 3.14. The van der Waals surface area contributed by atoms with E-state index in [1.54, 1.807) is 0 Å². The van der Waals surface area contributed by atoms with Gasteiger partial charge in [0.1, 0.15) is 0 Å². The Morgan fingerprint density at radius 2 is 2.11 bits per heavy atom. The first-order chi connectivity index (χ1) is 4.22. The van der Waals surface area contributed by atoms with Crippen molar-refractivity contribution in [3.63, 3.8) is 0 Å². The van der Waals surface area contributed by atoms with E-state index in [2.05, 4.69) is 31.1 Å². The Morgan fingerprint density at radius 3 is 2.44 bits per heavy atom. The largest absolute Gasteiger partial charge is 0.318 e. The molecule has 56 valence electrons. The van der Waals surface area contributed by atoms with Crippen molar-refractivity contribution in [2.45, 2.75) is 19.9 Å². The molecule has 0 aliphatic rings. The Hall–Kier alpha value is -0.0800. The minimum atomic E-state index is 0.653. The summed E-state index contributed by atoms with van der Waals surface area (Å²) in [5, 5.41) is 3.14. The third-order valence-corrected chi connectivity index (χ3v) is 1.75. The molecule has 0 amide bonds. The Kier molecular flexibility index (Phi) is 4.72. The first-order valence-corrected chi connectivity index (χ1v) is 3.57. The lowest BCUT2D eigenvalue weighted by Gasteiger charge is -2.22. The summed E-state index contributed by atoms with van der Waals surface area (Å²) in [5.41, 5.74) is 0. The fourth-order valence-corrected chi connectivity index (χ4v) is 0.763. The highest BCUT2D eigenvalue weighted by Gasteiger charge is 2.03. The molecule has 0 radical (unpaired) electrons. The van der Waals surface area contributed by atoms with Crippen molar-refractivity contribution in [3.05, 3.63) is 0 Å². The lowest BCUT2D eigenvalue weighted by molar-refractivity contribution is 0.267. The Bertz CT molecular complexity index is 63.9. The SMILES string of the molecule is CCN(C)C(C)CNC. The Morgan fingerprint density at radius 1 is 1.56 bits per heavy atom. The van der Waals surface area contributed by atoms with Crippen LogP contribution in [0.2, 0.25) is 0 Å². The quantitative estimate of drug-likeness (QED) is 0.597. The maximum Gasteiger partial charge on any atom is 0.0189 e. The molecule has 0 bridgehead atoms. The molecule has 0 saturated heterocycles. The second-order valence-electron chi connectivity index (χ2n) is 2.48. The Balaban J connectivity index is 3.32. The van der Waals surface area contributed by atoms with Gasteiger partial charge in [0.25, 0.3) is 0 Å². The molecule has 1 N–H and O–H groups in total. The molecule has 9 heavy (non-hydrogen) atoms. The summed E-state index contributed by atoms with van der Waals surface area (Å²) in [6.45, 7) is 6.60. The van der Waals surface area contributed by atoms with E-state index in [1.807, 2.05) is 7.05 Å². The third kappa shape index (κ3) is 3.49. The molecule has 0 aromatic carbocycles. The van der Waals surface area contributed by atoms with Crippen LogP contribution in [0.1, 0.15) is 13.8 Å². The topological polar surface area (TPSA) is 15.3 Å². The minimum absolute atomic E-state index is 0.653. The molecule has 0 spiro atoms. The van der Waals surface area contributed by atoms with E-state index in [9.17, 15) is 0 Å². The van der Waals surface area contributed by atoms with Crippen LogP contribution in [0.5, 0.6) is 0 Å². The first kappa shape index (κ1) is 8.92. The number of nitrogens with one attached hydrogen (secondary N) is 1. The van der Waals surface area contributed by atoms with Crippen molar-refractivity contribution in [2.24, 2.45) is 0 Å². The van der Waals surface area contributed by atoms with Gasteiger partial charge in [-0.25, -0.2) is 0 Å². The van der Waals surface area contributed by atoms with Gasteiger partial charge in [0, 0.05) is 12.6 Å². The minimum Gasteiger partial charge on any atom is -0.318 e. The highest BCUT2D eigenvalue weighted by molar-refractivity contribution is 4.62. The molecule has 0 aromatic heterocycles. The van der Waals surface area contributed by atoms with Gasteiger partial charge in [0.05, 0.1) is 0 Å². The average molecular weight is 130 g/mol. The first-order valence-electron chi connectivity index (χ1n) is 3.57. The van der Waals surface area contributed by atoms with Crippen LogP contribution in [0.3, 0.4) is 0 Å². The van der Waals surface area contributed by atoms with Gasteiger partial charge in [-0.15, -0.1) is 0 Å². The molecule has 2 nitrogen and oxygen atoms in total. The molecule has 0 aliphatic carbocycles. The highest BCUT2D eigenvalue weighted by Crippen LogP contribution is 1.90. The molecular formula is C7H18N2. The monoisotopic (exact) mass is 130 g/mol. The summed E-state index contributed by atoms with van der Waals surface area (Å²) >= 11 is 0. The normalized spacial score (nSPS) is 14.3. The molecule has 0 fully saturated rings. The summed E-state index contributed by atoms with van der Waals surface area (Å²) in [7, 11) is 4.13. The molecule has 1 unspecified atom stereocenters. The second-order valence-corrected chi connectivity index (χ2v) is 2.48. The summed E-state index contributed by atoms with van der Waals surface area (Å²) in [6.07, 6.45) is 0. The van der Waals surface area contributed by atoms with Crippen molar-refractivity contribution in [1.29, 1.82) is 0 Å². The lowest BCUT2D eigenvalue weighted by Crippen LogP contribution is -2.36. The zero-order valence-corrected chi connectivity index (χ0v) is 6.94. The van der Waals surface area contributed by atoms with Crippen molar-refractivity contribution in [1.82, 2.24) is 10.2 Å². The molecule has 0 saturated carbocycles. The van der Waals surface area contributed by atoms with Gasteiger partial charge < -0.3 is 10.2 Å². The van der Waals surface area contributed by atoms with Crippen LogP contribution >= 0.6 is 0 Å². The lowest BCUT2D eigenvalue weighted by atomic mass is 10.3. The van der Waals surface area contributed by atoms with Gasteiger partial charge in [-0.1, -0.05) is 6.92 Å². The third-order valence-electron chi connectivity index (χ3n) is 1.75. The van der Waals surface area contributed by atoms with Crippen LogP contribution in [0.4, 0.5) is 0 Å². The number of nitrogens with zero attached hydrogens (tertiary/aromatic N) is 1. The van der Waals surface area contributed by atoms with Gasteiger partial charge in [0.2, 0.25) is 0 Å². The zero-order valence-electron chi connectivity index (χ0n) is 6.94. The number of likely N-dealkylation sites (N-methyl/N-ethyl adjacent to an activating group) is 2. The van der Waals surface area contributed by atoms with Crippen LogP contribution in [-0.2, 0) is 0 Å². The average Bonchev–Trinajstić information content (AvgIpc) is 1.87. The summed E-state index contributed by atoms with van der Waals surface area (Å²) in [6, 6.07) is 0.653. The predicted molar refractivity (Wildman–Crippen MR) is 41.7 cm³/mol. The van der Waals surface area contributed by atoms with Crippen molar-refractivity contribution < 1.29 is 0 Å². The maximum absolute atomic E-state index is 3.14. The molecule has 0 heterocycles. The van der Waals surface area contributed by atoms with Crippen LogP contribution in [0.25, 0.3) is 0 Å². The van der Waals surface area contributed by atoms with Gasteiger partial charge >= 0.3 is 0 Å².